The zero-order chi connectivity index (χ0) is 12.9. The van der Waals surface area contributed by atoms with E-state index in [1.807, 2.05) is 13.8 Å². The van der Waals surface area contributed by atoms with Crippen molar-refractivity contribution < 1.29 is 8.42 Å². The molecular formula is C10H18N4O2S. The molecule has 0 amide bonds. The van der Waals surface area contributed by atoms with Crippen molar-refractivity contribution in [1.29, 1.82) is 0 Å². The highest BCUT2D eigenvalue weighted by atomic mass is 32.2. The van der Waals surface area contributed by atoms with Crippen LogP contribution in [0.2, 0.25) is 0 Å². The second-order valence-corrected chi connectivity index (χ2v) is 5.77. The SMILES string of the molecule is CCS(=O)(=O)NCCNc1nc(C)cnc1C. The normalized spacial score (nSPS) is 11.5. The van der Waals surface area contributed by atoms with E-state index in [9.17, 15) is 8.42 Å². The van der Waals surface area contributed by atoms with E-state index >= 15 is 0 Å². The molecule has 1 rings (SSSR count). The molecule has 0 saturated carbocycles. The van der Waals surface area contributed by atoms with Gasteiger partial charge < -0.3 is 5.32 Å². The molecule has 0 aliphatic rings. The van der Waals surface area contributed by atoms with Gasteiger partial charge in [0.05, 0.1) is 17.1 Å². The van der Waals surface area contributed by atoms with Crippen LogP contribution in [-0.4, -0.2) is 37.2 Å². The largest absolute Gasteiger partial charge is 0.367 e. The van der Waals surface area contributed by atoms with Gasteiger partial charge in [-0.15, -0.1) is 0 Å². The first-order chi connectivity index (χ1) is 7.94. The summed E-state index contributed by atoms with van der Waals surface area (Å²) in [5.74, 6) is 0.789. The predicted molar refractivity (Wildman–Crippen MR) is 67.5 cm³/mol. The molecule has 0 radical (unpaired) electrons. The van der Waals surface area contributed by atoms with Crippen LogP contribution in [0, 0.1) is 13.8 Å². The summed E-state index contributed by atoms with van der Waals surface area (Å²) in [6.07, 6.45) is 1.69. The van der Waals surface area contributed by atoms with E-state index in [-0.39, 0.29) is 5.75 Å². The topological polar surface area (TPSA) is 84.0 Å². The summed E-state index contributed by atoms with van der Waals surface area (Å²) in [7, 11) is -3.12. The van der Waals surface area contributed by atoms with Crippen LogP contribution in [-0.2, 0) is 10.0 Å². The molecule has 1 heterocycles. The molecule has 0 aliphatic carbocycles. The van der Waals surface area contributed by atoms with E-state index in [1.165, 1.54) is 0 Å². The molecule has 96 valence electrons. The van der Waals surface area contributed by atoms with Crippen molar-refractivity contribution in [1.82, 2.24) is 14.7 Å². The minimum Gasteiger partial charge on any atom is -0.367 e. The van der Waals surface area contributed by atoms with E-state index in [0.717, 1.165) is 11.4 Å². The summed E-state index contributed by atoms with van der Waals surface area (Å²) >= 11 is 0. The molecule has 0 fully saturated rings. The smallest absolute Gasteiger partial charge is 0.211 e. The van der Waals surface area contributed by atoms with Crippen LogP contribution < -0.4 is 10.0 Å². The summed E-state index contributed by atoms with van der Waals surface area (Å²) in [5.41, 5.74) is 1.63. The van der Waals surface area contributed by atoms with Gasteiger partial charge in [0, 0.05) is 19.3 Å². The standard InChI is InChI=1S/C10H18N4O2S/c1-4-17(15,16)13-6-5-11-10-9(3)12-7-8(2)14-10/h7,13H,4-6H2,1-3H3,(H,11,14). The Morgan fingerprint density at radius 3 is 2.65 bits per heavy atom. The Hall–Kier alpha value is -1.21. The zero-order valence-electron chi connectivity index (χ0n) is 10.3. The first kappa shape index (κ1) is 13.9. The number of aryl methyl sites for hydroxylation is 2. The Labute approximate surface area is 102 Å². The Balaban J connectivity index is 2.44. The monoisotopic (exact) mass is 258 g/mol. The third kappa shape index (κ3) is 4.66. The van der Waals surface area contributed by atoms with E-state index in [2.05, 4.69) is 20.0 Å². The van der Waals surface area contributed by atoms with Gasteiger partial charge in [0.25, 0.3) is 0 Å². The highest BCUT2D eigenvalue weighted by Crippen LogP contribution is 2.07. The maximum Gasteiger partial charge on any atom is 0.211 e. The summed E-state index contributed by atoms with van der Waals surface area (Å²) in [4.78, 5) is 8.43. The molecule has 17 heavy (non-hydrogen) atoms. The second-order valence-electron chi connectivity index (χ2n) is 3.67. The molecule has 2 N–H and O–H groups in total. The third-order valence-corrected chi connectivity index (χ3v) is 3.60. The number of aromatic nitrogens is 2. The summed E-state index contributed by atoms with van der Waals surface area (Å²) in [6.45, 7) is 6.14. The van der Waals surface area contributed by atoms with E-state index in [1.54, 1.807) is 13.1 Å². The average molecular weight is 258 g/mol. The molecular weight excluding hydrogens is 240 g/mol. The molecule has 1 aromatic heterocycles. The minimum atomic E-state index is -3.12. The Morgan fingerprint density at radius 1 is 1.29 bits per heavy atom. The van der Waals surface area contributed by atoms with Crippen LogP contribution in [0.1, 0.15) is 18.3 Å². The number of rotatable bonds is 6. The first-order valence-electron chi connectivity index (χ1n) is 5.46. The lowest BCUT2D eigenvalue weighted by Crippen LogP contribution is -2.30. The third-order valence-electron chi connectivity index (χ3n) is 2.20. The maximum absolute atomic E-state index is 11.2. The van der Waals surface area contributed by atoms with Crippen LogP contribution in [0.3, 0.4) is 0 Å². The van der Waals surface area contributed by atoms with Gasteiger partial charge in [0.1, 0.15) is 5.82 Å². The quantitative estimate of drug-likeness (QED) is 0.724. The van der Waals surface area contributed by atoms with Crippen molar-refractivity contribution in [3.63, 3.8) is 0 Å². The molecule has 0 saturated heterocycles. The highest BCUT2D eigenvalue weighted by molar-refractivity contribution is 7.89. The Bertz CT molecular complexity index is 473. The molecule has 7 heteroatoms. The van der Waals surface area contributed by atoms with E-state index in [0.29, 0.717) is 18.9 Å². The van der Waals surface area contributed by atoms with Crippen molar-refractivity contribution in [3.05, 3.63) is 17.6 Å². The first-order valence-corrected chi connectivity index (χ1v) is 7.11. The summed E-state index contributed by atoms with van der Waals surface area (Å²) < 4.78 is 24.8. The van der Waals surface area contributed by atoms with Crippen LogP contribution in [0.4, 0.5) is 5.82 Å². The average Bonchev–Trinajstić information content (AvgIpc) is 2.29. The zero-order valence-corrected chi connectivity index (χ0v) is 11.1. The molecule has 0 unspecified atom stereocenters. The number of nitrogens with zero attached hydrogens (tertiary/aromatic N) is 2. The fourth-order valence-electron chi connectivity index (χ4n) is 1.19. The highest BCUT2D eigenvalue weighted by Gasteiger charge is 2.05. The van der Waals surface area contributed by atoms with E-state index < -0.39 is 10.0 Å². The van der Waals surface area contributed by atoms with Crippen molar-refractivity contribution in [2.75, 3.05) is 24.2 Å². The lowest BCUT2D eigenvalue weighted by Gasteiger charge is -2.09. The Morgan fingerprint density at radius 2 is 2.00 bits per heavy atom. The van der Waals surface area contributed by atoms with Gasteiger partial charge >= 0.3 is 0 Å². The lowest BCUT2D eigenvalue weighted by molar-refractivity contribution is 0.584. The molecule has 0 atom stereocenters. The number of anilines is 1. The Kier molecular flexibility index (Phi) is 4.83. The molecule has 0 spiro atoms. The van der Waals surface area contributed by atoms with Gasteiger partial charge in [-0.2, -0.15) is 0 Å². The van der Waals surface area contributed by atoms with Gasteiger partial charge in [-0.3, -0.25) is 4.98 Å². The second kappa shape index (κ2) is 5.92. The van der Waals surface area contributed by atoms with Crippen LogP contribution in [0.15, 0.2) is 6.20 Å². The van der Waals surface area contributed by atoms with Crippen LogP contribution in [0.25, 0.3) is 0 Å². The fraction of sp³-hybridized carbons (Fsp3) is 0.600. The molecule has 0 aromatic carbocycles. The summed E-state index contributed by atoms with van der Waals surface area (Å²) in [5, 5.41) is 3.05. The number of hydrogen-bond donors (Lipinski definition) is 2. The summed E-state index contributed by atoms with van der Waals surface area (Å²) in [6, 6.07) is 0. The number of sulfonamides is 1. The van der Waals surface area contributed by atoms with Gasteiger partial charge in [-0.25, -0.2) is 18.1 Å². The van der Waals surface area contributed by atoms with Crippen LogP contribution in [0.5, 0.6) is 0 Å². The van der Waals surface area contributed by atoms with Crippen LogP contribution >= 0.6 is 0 Å². The minimum absolute atomic E-state index is 0.0935. The maximum atomic E-state index is 11.2. The van der Waals surface area contributed by atoms with Crippen molar-refractivity contribution in [3.8, 4) is 0 Å². The van der Waals surface area contributed by atoms with Crippen molar-refractivity contribution >= 4 is 15.8 Å². The molecule has 0 aliphatic heterocycles. The molecule has 0 bridgehead atoms. The van der Waals surface area contributed by atoms with Gasteiger partial charge in [-0.05, 0) is 20.8 Å². The molecule has 6 nitrogen and oxygen atoms in total. The van der Waals surface area contributed by atoms with E-state index in [4.69, 9.17) is 0 Å². The fourth-order valence-corrected chi connectivity index (χ4v) is 1.81. The number of nitrogens with one attached hydrogen (secondary N) is 2. The lowest BCUT2D eigenvalue weighted by atomic mass is 10.4. The molecule has 1 aromatic rings. The van der Waals surface area contributed by atoms with Crippen molar-refractivity contribution in [2.45, 2.75) is 20.8 Å². The van der Waals surface area contributed by atoms with Gasteiger partial charge in [-0.1, -0.05) is 0 Å². The van der Waals surface area contributed by atoms with Crippen molar-refractivity contribution in [2.24, 2.45) is 0 Å². The van der Waals surface area contributed by atoms with Gasteiger partial charge in [0.2, 0.25) is 10.0 Å². The van der Waals surface area contributed by atoms with Gasteiger partial charge in [0.15, 0.2) is 0 Å². The predicted octanol–water partition coefficient (Wildman–Crippen LogP) is 0.445. The number of hydrogen-bond acceptors (Lipinski definition) is 5.